The number of allylic oxidation sites excluding steroid dienone is 10. The van der Waals surface area contributed by atoms with Crippen LogP contribution in [0.25, 0.3) is 0 Å². The fourth-order valence-electron chi connectivity index (χ4n) is 5.53. The summed E-state index contributed by atoms with van der Waals surface area (Å²) in [5.74, 6) is -0.900. The van der Waals surface area contributed by atoms with E-state index in [0.717, 1.165) is 51.4 Å². The minimum Gasteiger partial charge on any atom is -0.462 e. The summed E-state index contributed by atoms with van der Waals surface area (Å²) in [5, 5.41) is 0. The predicted octanol–water partition coefficient (Wildman–Crippen LogP) is 12.5. The first-order chi connectivity index (χ1) is 27.0. The molecule has 0 bridgehead atoms. The van der Waals surface area contributed by atoms with Crippen LogP contribution in [0.5, 0.6) is 0 Å². The number of unbranched alkanes of at least 4 members (excludes halogenated alkanes) is 15. The molecule has 0 saturated heterocycles. The Morgan fingerprint density at radius 3 is 1.52 bits per heavy atom. The Hall–Kier alpha value is -2.29. The number of carbonyl (C=O) groups excluding carboxylic acids is 2. The molecule has 0 heterocycles. The van der Waals surface area contributed by atoms with Crippen molar-refractivity contribution in [3.05, 3.63) is 60.8 Å². The molecule has 0 aromatic carbocycles. The van der Waals surface area contributed by atoms with E-state index in [9.17, 15) is 19.0 Å². The van der Waals surface area contributed by atoms with Gasteiger partial charge in [0.25, 0.3) is 0 Å². The molecule has 324 valence electrons. The van der Waals surface area contributed by atoms with Crippen molar-refractivity contribution in [1.29, 1.82) is 0 Å². The van der Waals surface area contributed by atoms with Gasteiger partial charge in [-0.25, -0.2) is 4.57 Å². The van der Waals surface area contributed by atoms with Gasteiger partial charge in [-0.15, -0.1) is 0 Å². The van der Waals surface area contributed by atoms with Crippen LogP contribution >= 0.6 is 7.82 Å². The van der Waals surface area contributed by atoms with Gasteiger partial charge in [-0.3, -0.25) is 18.6 Å². The average Bonchev–Trinajstić information content (AvgIpc) is 3.15. The average molecular weight is 809 g/mol. The van der Waals surface area contributed by atoms with E-state index in [1.165, 1.54) is 77.0 Å². The fourth-order valence-corrected chi connectivity index (χ4v) is 6.27. The molecule has 0 aliphatic rings. The summed E-state index contributed by atoms with van der Waals surface area (Å²) in [5.41, 5.74) is 0. The summed E-state index contributed by atoms with van der Waals surface area (Å²) in [4.78, 5) is 35.3. The standard InChI is InChI=1S/C46H82NO8P/c1-6-8-10-12-14-16-18-20-22-23-25-27-29-31-33-35-37-39-46(49)55-44(43-54-56(50,51)53-41-40-47(3,4)5)42-52-45(48)38-36-34-32-30-28-26-24-21-19-17-15-13-11-9-7-2/h15,17,21,24-25,27-28,30-31,33,44H,6-14,16,18-20,22-23,26,29,32,34-43H2,1-5H3/p+1/b17-15+,24-21+,27-25+,30-28+,33-31+/t44-/m1/s1. The van der Waals surface area contributed by atoms with Crippen LogP contribution in [0.3, 0.4) is 0 Å². The number of phosphoric acid groups is 1. The SMILES string of the molecule is CCCCC/C=C/C/C=C/C/C=C/CCCCC(=O)OC[C@H](COP(=O)(O)OCC[N+](C)(C)C)OC(=O)CCC/C=C/C/C=C/CCCCCCCCCCC. The molecule has 9 nitrogen and oxygen atoms in total. The van der Waals surface area contributed by atoms with Crippen LogP contribution in [0.4, 0.5) is 0 Å². The van der Waals surface area contributed by atoms with Crippen molar-refractivity contribution in [3.8, 4) is 0 Å². The molecule has 0 aromatic heterocycles. The Bertz CT molecular complexity index is 1140. The smallest absolute Gasteiger partial charge is 0.462 e. The third-order valence-electron chi connectivity index (χ3n) is 9.02. The van der Waals surface area contributed by atoms with Crippen LogP contribution in [-0.2, 0) is 32.7 Å². The van der Waals surface area contributed by atoms with Gasteiger partial charge >= 0.3 is 19.8 Å². The normalized spacial score (nSPS) is 14.2. The lowest BCUT2D eigenvalue weighted by Crippen LogP contribution is -2.37. The maximum absolute atomic E-state index is 12.7. The number of phosphoric ester groups is 1. The number of nitrogens with zero attached hydrogens (tertiary/aromatic N) is 1. The summed E-state index contributed by atoms with van der Waals surface area (Å²) in [7, 11) is 1.42. The molecule has 10 heteroatoms. The number of carbonyl (C=O) groups is 2. The third-order valence-corrected chi connectivity index (χ3v) is 10.0. The zero-order valence-corrected chi connectivity index (χ0v) is 37.2. The summed E-state index contributed by atoms with van der Waals surface area (Å²) in [6, 6.07) is 0. The van der Waals surface area contributed by atoms with Crippen molar-refractivity contribution in [2.75, 3.05) is 47.5 Å². The van der Waals surface area contributed by atoms with Gasteiger partial charge in [0.05, 0.1) is 27.7 Å². The lowest BCUT2D eigenvalue weighted by molar-refractivity contribution is -0.870. The van der Waals surface area contributed by atoms with Gasteiger partial charge in [0.15, 0.2) is 6.10 Å². The van der Waals surface area contributed by atoms with E-state index < -0.39 is 32.5 Å². The first-order valence-electron chi connectivity index (χ1n) is 22.0. The van der Waals surface area contributed by atoms with Crippen molar-refractivity contribution in [1.82, 2.24) is 0 Å². The summed E-state index contributed by atoms with van der Waals surface area (Å²) in [6.45, 7) is 4.29. The van der Waals surface area contributed by atoms with Gasteiger partial charge in [0, 0.05) is 12.8 Å². The molecule has 1 unspecified atom stereocenters. The van der Waals surface area contributed by atoms with Gasteiger partial charge in [-0.05, 0) is 77.0 Å². The summed E-state index contributed by atoms with van der Waals surface area (Å²) >= 11 is 0. The van der Waals surface area contributed by atoms with E-state index in [-0.39, 0.29) is 26.1 Å². The monoisotopic (exact) mass is 809 g/mol. The number of rotatable bonds is 39. The minimum absolute atomic E-state index is 0.0159. The molecule has 0 rings (SSSR count). The van der Waals surface area contributed by atoms with E-state index in [1.807, 2.05) is 21.1 Å². The number of hydrogen-bond donors (Lipinski definition) is 1. The van der Waals surface area contributed by atoms with E-state index in [2.05, 4.69) is 74.6 Å². The molecule has 0 amide bonds. The zero-order valence-electron chi connectivity index (χ0n) is 36.3. The number of esters is 2. The Labute approximate surface area is 343 Å². The minimum atomic E-state index is -4.40. The van der Waals surface area contributed by atoms with Crippen LogP contribution < -0.4 is 0 Å². The molecule has 0 fully saturated rings. The lowest BCUT2D eigenvalue weighted by Gasteiger charge is -2.24. The molecule has 0 aliphatic heterocycles. The van der Waals surface area contributed by atoms with Crippen LogP contribution in [0, 0.1) is 0 Å². The molecular weight excluding hydrogens is 725 g/mol. The maximum Gasteiger partial charge on any atom is 0.472 e. The predicted molar refractivity (Wildman–Crippen MR) is 233 cm³/mol. The molecule has 0 radical (unpaired) electrons. The zero-order chi connectivity index (χ0) is 41.4. The van der Waals surface area contributed by atoms with Gasteiger partial charge in [0.1, 0.15) is 19.8 Å². The fraction of sp³-hybridized carbons (Fsp3) is 0.739. The van der Waals surface area contributed by atoms with Gasteiger partial charge in [-0.1, -0.05) is 139 Å². The van der Waals surface area contributed by atoms with Gasteiger partial charge in [-0.2, -0.15) is 0 Å². The van der Waals surface area contributed by atoms with Crippen molar-refractivity contribution in [2.45, 2.75) is 174 Å². The third kappa shape index (κ3) is 41.3. The van der Waals surface area contributed by atoms with E-state index in [0.29, 0.717) is 23.9 Å². The van der Waals surface area contributed by atoms with Crippen molar-refractivity contribution < 1.29 is 42.1 Å². The van der Waals surface area contributed by atoms with Gasteiger partial charge in [0.2, 0.25) is 0 Å². The first-order valence-corrected chi connectivity index (χ1v) is 23.5. The highest BCUT2D eigenvalue weighted by Crippen LogP contribution is 2.43. The molecule has 1 N–H and O–H groups in total. The molecular formula is C46H83NO8P+. The number of ether oxygens (including phenoxy) is 2. The number of hydrogen-bond acceptors (Lipinski definition) is 7. The lowest BCUT2D eigenvalue weighted by atomic mass is 10.1. The summed E-state index contributed by atoms with van der Waals surface area (Å²) < 4.78 is 34.2. The maximum atomic E-state index is 12.7. The van der Waals surface area contributed by atoms with Crippen LogP contribution in [-0.4, -0.2) is 74.9 Å². The Kier molecular flexibility index (Phi) is 36.7. The summed E-state index contributed by atoms with van der Waals surface area (Å²) in [6.07, 6.45) is 45.7. The van der Waals surface area contributed by atoms with Crippen molar-refractivity contribution in [3.63, 3.8) is 0 Å². The molecule has 0 saturated carbocycles. The van der Waals surface area contributed by atoms with Gasteiger partial charge < -0.3 is 18.9 Å². The quantitative estimate of drug-likeness (QED) is 0.0215. The number of likely N-dealkylation sites (N-methyl/N-ethyl adjacent to an activating group) is 1. The van der Waals surface area contributed by atoms with E-state index in [4.69, 9.17) is 18.5 Å². The van der Waals surface area contributed by atoms with Crippen LogP contribution in [0.15, 0.2) is 60.8 Å². The molecule has 2 atom stereocenters. The Morgan fingerprint density at radius 2 is 0.982 bits per heavy atom. The Morgan fingerprint density at radius 1 is 0.554 bits per heavy atom. The highest BCUT2D eigenvalue weighted by atomic mass is 31.2. The largest absolute Gasteiger partial charge is 0.472 e. The molecule has 56 heavy (non-hydrogen) atoms. The van der Waals surface area contributed by atoms with Crippen LogP contribution in [0.1, 0.15) is 168 Å². The van der Waals surface area contributed by atoms with E-state index in [1.54, 1.807) is 0 Å². The Balaban J connectivity index is 4.50. The molecule has 0 aromatic rings. The molecule has 0 spiro atoms. The van der Waals surface area contributed by atoms with Crippen LogP contribution in [0.2, 0.25) is 0 Å². The first kappa shape index (κ1) is 53.7. The van der Waals surface area contributed by atoms with Crippen molar-refractivity contribution in [2.24, 2.45) is 0 Å². The second kappa shape index (κ2) is 38.2. The second-order valence-electron chi connectivity index (χ2n) is 15.7. The van der Waals surface area contributed by atoms with E-state index >= 15 is 0 Å². The molecule has 0 aliphatic carbocycles. The highest BCUT2D eigenvalue weighted by Gasteiger charge is 2.27. The topological polar surface area (TPSA) is 108 Å². The number of quaternary nitrogens is 1. The highest BCUT2D eigenvalue weighted by molar-refractivity contribution is 7.47. The van der Waals surface area contributed by atoms with Crippen molar-refractivity contribution >= 4 is 19.8 Å². The second-order valence-corrected chi connectivity index (χ2v) is 17.2.